The van der Waals surface area contributed by atoms with Gasteiger partial charge in [0.05, 0.1) is 17.7 Å². The zero-order valence-electron chi connectivity index (χ0n) is 11.7. The van der Waals surface area contributed by atoms with Crippen LogP contribution in [-0.2, 0) is 7.05 Å². The number of hydrogen-bond acceptors (Lipinski definition) is 3. The smallest absolute Gasteiger partial charge is 0.269 e. The molecule has 0 N–H and O–H groups in total. The first kappa shape index (κ1) is 13.2. The van der Waals surface area contributed by atoms with E-state index in [0.717, 1.165) is 27.9 Å². The van der Waals surface area contributed by atoms with Gasteiger partial charge in [0.15, 0.2) is 0 Å². The van der Waals surface area contributed by atoms with E-state index in [0.29, 0.717) is 0 Å². The molecule has 0 spiro atoms. The highest BCUT2D eigenvalue weighted by atomic mass is 16.6. The van der Waals surface area contributed by atoms with Crippen LogP contribution in [0.25, 0.3) is 22.0 Å². The highest BCUT2D eigenvalue weighted by Gasteiger charge is 2.16. The van der Waals surface area contributed by atoms with Crippen LogP contribution < -0.4 is 4.74 Å². The van der Waals surface area contributed by atoms with Crippen molar-refractivity contribution in [2.24, 2.45) is 7.05 Å². The van der Waals surface area contributed by atoms with Crippen LogP contribution in [0.5, 0.6) is 5.88 Å². The van der Waals surface area contributed by atoms with Gasteiger partial charge in [0, 0.05) is 30.0 Å². The molecular formula is C16H14N2O3. The van der Waals surface area contributed by atoms with Gasteiger partial charge in [-0.1, -0.05) is 18.2 Å². The molecule has 106 valence electrons. The second-order valence-electron chi connectivity index (χ2n) is 4.77. The Kier molecular flexibility index (Phi) is 3.10. The molecule has 1 heterocycles. The first-order valence-corrected chi connectivity index (χ1v) is 6.49. The Hall–Kier alpha value is -2.82. The van der Waals surface area contributed by atoms with Gasteiger partial charge in [-0.15, -0.1) is 0 Å². The van der Waals surface area contributed by atoms with Gasteiger partial charge in [-0.3, -0.25) is 10.1 Å². The van der Waals surface area contributed by atoms with E-state index in [1.807, 2.05) is 35.9 Å². The van der Waals surface area contributed by atoms with Crippen molar-refractivity contribution >= 4 is 16.5 Å². The van der Waals surface area contributed by atoms with Crippen LogP contribution >= 0.6 is 0 Å². The van der Waals surface area contributed by atoms with Crippen LogP contribution in [0.2, 0.25) is 0 Å². The summed E-state index contributed by atoms with van der Waals surface area (Å²) < 4.78 is 7.44. The maximum atomic E-state index is 10.8. The fourth-order valence-corrected chi connectivity index (χ4v) is 2.68. The molecule has 0 amide bonds. The minimum Gasteiger partial charge on any atom is -0.482 e. The molecule has 5 heteroatoms. The molecule has 21 heavy (non-hydrogen) atoms. The summed E-state index contributed by atoms with van der Waals surface area (Å²) >= 11 is 0. The van der Waals surface area contributed by atoms with Crippen molar-refractivity contribution in [3.63, 3.8) is 0 Å². The standard InChI is InChI=1S/C16H14N2O3/c1-17-15(11-7-9-12(10-8-11)18(19)20)13-5-3-4-6-14(13)16(17)21-2/h3-10H,1-2H3. The zero-order chi connectivity index (χ0) is 15.0. The number of fused-ring (bicyclic) bond motifs is 1. The van der Waals surface area contributed by atoms with E-state index in [4.69, 9.17) is 4.74 Å². The maximum absolute atomic E-state index is 10.8. The summed E-state index contributed by atoms with van der Waals surface area (Å²) in [6, 6.07) is 14.5. The SMILES string of the molecule is COc1c2ccccc2c(-c2ccc([N+](=O)[O-])cc2)n1C. The third kappa shape index (κ3) is 2.03. The molecule has 3 aromatic rings. The fourth-order valence-electron chi connectivity index (χ4n) is 2.68. The van der Waals surface area contributed by atoms with E-state index in [9.17, 15) is 10.1 Å². The Morgan fingerprint density at radius 3 is 2.24 bits per heavy atom. The summed E-state index contributed by atoms with van der Waals surface area (Å²) in [7, 11) is 3.57. The molecular weight excluding hydrogens is 268 g/mol. The van der Waals surface area contributed by atoms with E-state index in [-0.39, 0.29) is 5.69 Å². The molecule has 0 saturated carbocycles. The number of benzene rings is 2. The first-order chi connectivity index (χ1) is 10.1. The number of nitrogens with zero attached hydrogens (tertiary/aromatic N) is 2. The molecule has 5 nitrogen and oxygen atoms in total. The molecule has 0 aliphatic carbocycles. The van der Waals surface area contributed by atoms with Crippen LogP contribution in [0.3, 0.4) is 0 Å². The number of ether oxygens (including phenoxy) is 1. The summed E-state index contributed by atoms with van der Waals surface area (Å²) in [6.45, 7) is 0. The molecule has 0 aliphatic heterocycles. The van der Waals surface area contributed by atoms with Gasteiger partial charge in [0.25, 0.3) is 5.69 Å². The van der Waals surface area contributed by atoms with Crippen molar-refractivity contribution < 1.29 is 9.66 Å². The average Bonchev–Trinajstić information content (AvgIpc) is 2.78. The number of methoxy groups -OCH3 is 1. The lowest BCUT2D eigenvalue weighted by molar-refractivity contribution is -0.384. The molecule has 0 aliphatic rings. The highest BCUT2D eigenvalue weighted by molar-refractivity contribution is 6.00. The number of aromatic nitrogens is 1. The number of rotatable bonds is 3. The summed E-state index contributed by atoms with van der Waals surface area (Å²) in [5.74, 6) is 0.777. The Bertz CT molecular complexity index is 819. The summed E-state index contributed by atoms with van der Waals surface area (Å²) in [6.07, 6.45) is 0. The van der Waals surface area contributed by atoms with Gasteiger partial charge >= 0.3 is 0 Å². The zero-order valence-corrected chi connectivity index (χ0v) is 11.7. The largest absolute Gasteiger partial charge is 0.482 e. The number of nitro groups is 1. The number of hydrogen-bond donors (Lipinski definition) is 0. The third-order valence-electron chi connectivity index (χ3n) is 3.60. The topological polar surface area (TPSA) is 57.3 Å². The van der Waals surface area contributed by atoms with E-state index in [1.165, 1.54) is 12.1 Å². The first-order valence-electron chi connectivity index (χ1n) is 6.49. The highest BCUT2D eigenvalue weighted by Crippen LogP contribution is 2.37. The fraction of sp³-hybridized carbons (Fsp3) is 0.125. The molecule has 0 fully saturated rings. The Morgan fingerprint density at radius 2 is 1.67 bits per heavy atom. The van der Waals surface area contributed by atoms with Gasteiger partial charge < -0.3 is 9.30 Å². The lowest BCUT2D eigenvalue weighted by Gasteiger charge is -2.06. The van der Waals surface area contributed by atoms with Crippen molar-refractivity contribution in [3.8, 4) is 17.1 Å². The molecule has 0 radical (unpaired) electrons. The summed E-state index contributed by atoms with van der Waals surface area (Å²) in [4.78, 5) is 10.4. The molecule has 0 bridgehead atoms. The minimum absolute atomic E-state index is 0.0872. The molecule has 2 aromatic carbocycles. The van der Waals surface area contributed by atoms with Crippen molar-refractivity contribution in [3.05, 3.63) is 58.6 Å². The van der Waals surface area contributed by atoms with Gasteiger partial charge in [0.1, 0.15) is 0 Å². The predicted octanol–water partition coefficient (Wildman–Crippen LogP) is 3.76. The lowest BCUT2D eigenvalue weighted by atomic mass is 10.1. The van der Waals surface area contributed by atoms with E-state index < -0.39 is 4.92 Å². The van der Waals surface area contributed by atoms with Crippen molar-refractivity contribution in [1.82, 2.24) is 4.57 Å². The third-order valence-corrected chi connectivity index (χ3v) is 3.60. The van der Waals surface area contributed by atoms with Crippen LogP contribution in [-0.4, -0.2) is 16.6 Å². The van der Waals surface area contributed by atoms with Gasteiger partial charge in [-0.2, -0.15) is 0 Å². The van der Waals surface area contributed by atoms with Crippen LogP contribution in [0.1, 0.15) is 0 Å². The minimum atomic E-state index is -0.395. The normalized spacial score (nSPS) is 10.8. The summed E-state index contributed by atoms with van der Waals surface area (Å²) in [5, 5.41) is 12.8. The second kappa shape index (κ2) is 4.94. The summed E-state index contributed by atoms with van der Waals surface area (Å²) in [5.41, 5.74) is 1.99. The van der Waals surface area contributed by atoms with Crippen LogP contribution in [0.15, 0.2) is 48.5 Å². The molecule has 3 rings (SSSR count). The number of non-ortho nitro benzene ring substituents is 1. The number of nitro benzene ring substituents is 1. The van der Waals surface area contributed by atoms with Gasteiger partial charge in [0.2, 0.25) is 5.88 Å². The molecule has 0 atom stereocenters. The van der Waals surface area contributed by atoms with Crippen LogP contribution in [0.4, 0.5) is 5.69 Å². The quantitative estimate of drug-likeness (QED) is 0.543. The Morgan fingerprint density at radius 1 is 1.05 bits per heavy atom. The van der Waals surface area contributed by atoms with E-state index >= 15 is 0 Å². The molecule has 0 saturated heterocycles. The van der Waals surface area contributed by atoms with Crippen LogP contribution in [0, 0.1) is 10.1 Å². The maximum Gasteiger partial charge on any atom is 0.269 e. The average molecular weight is 282 g/mol. The Balaban J connectivity index is 2.24. The van der Waals surface area contributed by atoms with Gasteiger partial charge in [-0.05, 0) is 23.8 Å². The van der Waals surface area contributed by atoms with Crippen molar-refractivity contribution in [2.45, 2.75) is 0 Å². The molecule has 0 unspecified atom stereocenters. The van der Waals surface area contributed by atoms with Gasteiger partial charge in [-0.25, -0.2) is 0 Å². The van der Waals surface area contributed by atoms with E-state index in [2.05, 4.69) is 0 Å². The lowest BCUT2D eigenvalue weighted by Crippen LogP contribution is -1.96. The monoisotopic (exact) mass is 282 g/mol. The second-order valence-corrected chi connectivity index (χ2v) is 4.77. The van der Waals surface area contributed by atoms with Crippen molar-refractivity contribution in [1.29, 1.82) is 0 Å². The Labute approximate surface area is 121 Å². The predicted molar refractivity (Wildman–Crippen MR) is 81.6 cm³/mol. The van der Waals surface area contributed by atoms with Crippen molar-refractivity contribution in [2.75, 3.05) is 7.11 Å². The van der Waals surface area contributed by atoms with E-state index in [1.54, 1.807) is 19.2 Å². The molecule has 1 aromatic heterocycles.